The van der Waals surface area contributed by atoms with Gasteiger partial charge in [-0.05, 0) is 122 Å². The first-order valence-corrected chi connectivity index (χ1v) is 18.5. The van der Waals surface area contributed by atoms with E-state index in [1.165, 1.54) is 36.4 Å². The van der Waals surface area contributed by atoms with Crippen molar-refractivity contribution in [1.82, 2.24) is 0 Å². The summed E-state index contributed by atoms with van der Waals surface area (Å²) in [4.78, 5) is 0. The zero-order valence-electron chi connectivity index (χ0n) is 30.9. The molecular weight excluding hydrogens is 781 g/mol. The Labute approximate surface area is 335 Å². The van der Waals surface area contributed by atoms with Crippen LogP contribution in [0.15, 0.2) is 133 Å². The average molecular weight is 815 g/mol. The zero-order chi connectivity index (χ0) is 41.0. The quantitative estimate of drug-likeness (QED) is 0.0795. The van der Waals surface area contributed by atoms with Crippen molar-refractivity contribution in [3.05, 3.63) is 156 Å². The predicted molar refractivity (Wildman–Crippen MR) is 204 cm³/mol. The molecule has 0 spiro atoms. The molecule has 15 heteroatoms. The Bertz CT molecular complexity index is 2220. The molecule has 2 aliphatic rings. The van der Waals surface area contributed by atoms with E-state index in [0.29, 0.717) is 60.2 Å². The van der Waals surface area contributed by atoms with Crippen LogP contribution in [0.3, 0.4) is 0 Å². The van der Waals surface area contributed by atoms with Gasteiger partial charge in [-0.3, -0.25) is 0 Å². The van der Waals surface area contributed by atoms with E-state index in [9.17, 15) is 26.3 Å². The monoisotopic (exact) mass is 814 g/mol. The second-order valence-corrected chi connectivity index (χ2v) is 13.5. The topological polar surface area (TPSA) is 73.8 Å². The maximum absolute atomic E-state index is 12.7. The van der Waals surface area contributed by atoms with Crippen molar-refractivity contribution < 1.29 is 64.1 Å². The third kappa shape index (κ3) is 10.1. The van der Waals surface area contributed by atoms with Crippen LogP contribution >= 0.6 is 0 Å². The first kappa shape index (κ1) is 39.2. The van der Waals surface area contributed by atoms with Gasteiger partial charge in [0.1, 0.15) is 69.7 Å². The van der Waals surface area contributed by atoms with Crippen molar-refractivity contribution >= 4 is 7.69 Å². The van der Waals surface area contributed by atoms with Crippen LogP contribution < -0.4 is 37.7 Å². The van der Waals surface area contributed by atoms with Crippen molar-refractivity contribution in [3.8, 4) is 57.5 Å². The molecule has 302 valence electrons. The molecule has 0 unspecified atom stereocenters. The first-order valence-electron chi connectivity index (χ1n) is 18.5. The molecule has 8 rings (SSSR count). The largest absolute Gasteiger partial charge is 0.576 e. The smallest absolute Gasteiger partial charge is 0.529 e. The lowest BCUT2D eigenvalue weighted by molar-refractivity contribution is -0.275. The van der Waals surface area contributed by atoms with Crippen molar-refractivity contribution in [1.29, 1.82) is 0 Å². The zero-order valence-corrected chi connectivity index (χ0v) is 30.9. The van der Waals surface area contributed by atoms with Crippen LogP contribution in [0.25, 0.3) is 0 Å². The minimum atomic E-state index is -4.80. The highest BCUT2D eigenvalue weighted by Gasteiger charge is 2.33. The number of halogens is 6. The van der Waals surface area contributed by atoms with Crippen molar-refractivity contribution in [2.45, 2.75) is 50.6 Å². The summed E-state index contributed by atoms with van der Waals surface area (Å²) in [5.74, 6) is 3.21. The summed E-state index contributed by atoms with van der Waals surface area (Å²) in [5.41, 5.74) is 3.73. The number of hydrogen-bond acceptors (Lipinski definition) is 8. The van der Waals surface area contributed by atoms with E-state index in [2.05, 4.69) is 9.47 Å². The Morgan fingerprint density at radius 2 is 0.797 bits per heavy atom. The lowest BCUT2D eigenvalue weighted by atomic mass is 10.1. The molecule has 59 heavy (non-hydrogen) atoms. The minimum absolute atomic E-state index is 0.0472. The maximum atomic E-state index is 12.7. The molecule has 6 aromatic carbocycles. The van der Waals surface area contributed by atoms with Gasteiger partial charge in [0.15, 0.2) is 0 Å². The third-order valence-electron chi connectivity index (χ3n) is 9.53. The standard InChI is InChI=1S/C44H33BF6O8/c46-43(47,48)56-33-7-1-5-31(25-33)54-39-11-3-9-35-37(39)21-23-41(35)52-27-13-17-29(18-14-27)58-45-59-30-19-15-28(16-20-30)53-42-24-22-38-36(42)10-4-12-40(38)55-32-6-2-8-34(26-32)57-44(49,50)51/h1-20,25-26,41-42,45H,21-24H2/t41-,42-/m1/s1. The Balaban J connectivity index is 0.807. The molecule has 0 aliphatic heterocycles. The first-order chi connectivity index (χ1) is 28.4. The van der Waals surface area contributed by atoms with E-state index in [1.54, 1.807) is 72.8 Å². The Morgan fingerprint density at radius 1 is 0.424 bits per heavy atom. The molecule has 0 aromatic heterocycles. The summed E-state index contributed by atoms with van der Waals surface area (Å²) >= 11 is 0. The van der Waals surface area contributed by atoms with Crippen LogP contribution in [-0.4, -0.2) is 20.4 Å². The van der Waals surface area contributed by atoms with E-state index in [0.717, 1.165) is 22.3 Å². The van der Waals surface area contributed by atoms with Crippen LogP contribution in [0.5, 0.6) is 57.5 Å². The number of hydrogen-bond donors (Lipinski definition) is 0. The number of alkyl halides is 6. The summed E-state index contributed by atoms with van der Waals surface area (Å²) < 4.78 is 120. The van der Waals surface area contributed by atoms with Crippen LogP contribution in [-0.2, 0) is 12.8 Å². The minimum Gasteiger partial charge on any atom is -0.529 e. The molecule has 0 radical (unpaired) electrons. The number of ether oxygens (including phenoxy) is 6. The summed E-state index contributed by atoms with van der Waals surface area (Å²) in [6, 6.07) is 36.2. The van der Waals surface area contributed by atoms with E-state index >= 15 is 0 Å². The molecule has 2 atom stereocenters. The average Bonchev–Trinajstić information content (AvgIpc) is 3.80. The van der Waals surface area contributed by atoms with Crippen molar-refractivity contribution in [2.24, 2.45) is 0 Å². The van der Waals surface area contributed by atoms with Crippen LogP contribution in [0.2, 0.25) is 0 Å². The molecule has 0 amide bonds. The fraction of sp³-hybridized carbons (Fsp3) is 0.182. The fourth-order valence-corrected chi connectivity index (χ4v) is 7.05. The summed E-state index contributed by atoms with van der Waals surface area (Å²) in [7, 11) is -0.0472. The number of benzene rings is 6. The third-order valence-corrected chi connectivity index (χ3v) is 9.53. The lowest BCUT2D eigenvalue weighted by Crippen LogP contribution is -2.17. The summed E-state index contributed by atoms with van der Waals surface area (Å²) in [6.07, 6.45) is -7.38. The number of rotatable bonds is 14. The molecule has 0 bridgehead atoms. The van der Waals surface area contributed by atoms with Gasteiger partial charge in [0.25, 0.3) is 0 Å². The summed E-state index contributed by atoms with van der Waals surface area (Å²) in [5, 5.41) is 0. The van der Waals surface area contributed by atoms with Crippen LogP contribution in [0, 0.1) is 0 Å². The van der Waals surface area contributed by atoms with Gasteiger partial charge in [-0.15, -0.1) is 26.3 Å². The van der Waals surface area contributed by atoms with Gasteiger partial charge >= 0.3 is 20.4 Å². The molecule has 0 saturated carbocycles. The van der Waals surface area contributed by atoms with Crippen molar-refractivity contribution in [3.63, 3.8) is 0 Å². The molecule has 6 aromatic rings. The molecule has 8 nitrogen and oxygen atoms in total. The fourth-order valence-electron chi connectivity index (χ4n) is 7.05. The Morgan fingerprint density at radius 3 is 1.20 bits per heavy atom. The maximum Gasteiger partial charge on any atom is 0.576 e. The Kier molecular flexibility index (Phi) is 11.1. The molecular formula is C44H33BF6O8. The second kappa shape index (κ2) is 16.7. The van der Waals surface area contributed by atoms with Crippen LogP contribution in [0.1, 0.15) is 47.3 Å². The van der Waals surface area contributed by atoms with Crippen molar-refractivity contribution in [2.75, 3.05) is 0 Å². The molecule has 0 fully saturated rings. The normalized spacial score (nSPS) is 15.7. The highest BCUT2D eigenvalue weighted by Crippen LogP contribution is 2.43. The summed E-state index contributed by atoms with van der Waals surface area (Å²) in [6.45, 7) is 0. The van der Waals surface area contributed by atoms with Gasteiger partial charge in [0.2, 0.25) is 0 Å². The van der Waals surface area contributed by atoms with Gasteiger partial charge in [-0.2, -0.15) is 0 Å². The van der Waals surface area contributed by atoms with E-state index < -0.39 is 12.7 Å². The Hall–Kier alpha value is -6.64. The molecule has 0 heterocycles. The molecule has 0 saturated heterocycles. The van der Waals surface area contributed by atoms with Gasteiger partial charge in [-0.1, -0.05) is 36.4 Å². The van der Waals surface area contributed by atoms with Gasteiger partial charge in [-0.25, -0.2) is 0 Å². The van der Waals surface area contributed by atoms with Gasteiger partial charge in [0, 0.05) is 23.3 Å². The lowest BCUT2D eigenvalue weighted by Gasteiger charge is -2.17. The predicted octanol–water partition coefficient (Wildman–Crippen LogP) is 11.9. The van der Waals surface area contributed by atoms with E-state index in [4.69, 9.17) is 28.3 Å². The van der Waals surface area contributed by atoms with Gasteiger partial charge in [0.05, 0.1) is 0 Å². The number of fused-ring (bicyclic) bond motifs is 2. The second-order valence-electron chi connectivity index (χ2n) is 13.5. The van der Waals surface area contributed by atoms with Gasteiger partial charge < -0.3 is 37.7 Å². The molecule has 2 aliphatic carbocycles. The van der Waals surface area contributed by atoms with E-state index in [1.807, 2.05) is 24.3 Å². The van der Waals surface area contributed by atoms with Crippen LogP contribution in [0.4, 0.5) is 26.3 Å². The van der Waals surface area contributed by atoms with E-state index in [-0.39, 0.29) is 42.9 Å². The highest BCUT2D eigenvalue weighted by atomic mass is 19.4. The highest BCUT2D eigenvalue weighted by molar-refractivity contribution is 6.20. The molecule has 0 N–H and O–H groups in total. The SMILES string of the molecule is FC(F)(F)Oc1cccc(Oc2cccc3c2CC[C@H]3Oc2ccc(OBOc3ccc(O[C@@H]4CCc5c(Oc6cccc(OC(F)(F)F)c6)cccc54)cc3)cc2)c1.